The van der Waals surface area contributed by atoms with Crippen molar-refractivity contribution in [3.05, 3.63) is 22.3 Å². The molecule has 2 saturated heterocycles. The molecule has 20 heavy (non-hydrogen) atoms. The molecule has 0 atom stereocenters. The number of ether oxygens (including phenoxy) is 1. The molecule has 0 amide bonds. The quantitative estimate of drug-likeness (QED) is 0.839. The number of rotatable bonds is 2. The predicted octanol–water partition coefficient (Wildman–Crippen LogP) is 2.69. The predicted molar refractivity (Wildman–Crippen MR) is 81.9 cm³/mol. The number of anilines is 1. The number of hydrogen-bond acceptors (Lipinski definition) is 4. The highest BCUT2D eigenvalue weighted by Crippen LogP contribution is 2.27. The molecule has 0 N–H and O–H groups in total. The van der Waals surface area contributed by atoms with Crippen LogP contribution in [0.1, 0.15) is 12.8 Å². The average molecular weight is 316 g/mol. The summed E-state index contributed by atoms with van der Waals surface area (Å²) >= 11 is 12.1. The van der Waals surface area contributed by atoms with E-state index in [0.717, 1.165) is 58.1 Å². The van der Waals surface area contributed by atoms with E-state index >= 15 is 0 Å². The number of halogens is 2. The number of aromatic nitrogens is 1. The monoisotopic (exact) mass is 315 g/mol. The summed E-state index contributed by atoms with van der Waals surface area (Å²) in [7, 11) is 0. The van der Waals surface area contributed by atoms with Gasteiger partial charge in [-0.3, -0.25) is 4.90 Å². The van der Waals surface area contributed by atoms with Gasteiger partial charge in [-0.25, -0.2) is 4.98 Å². The van der Waals surface area contributed by atoms with Crippen LogP contribution >= 0.6 is 23.2 Å². The fourth-order valence-electron chi connectivity index (χ4n) is 2.99. The molecule has 0 aliphatic carbocycles. The first-order valence-electron chi connectivity index (χ1n) is 7.12. The van der Waals surface area contributed by atoms with E-state index in [-0.39, 0.29) is 0 Å². The molecule has 2 fully saturated rings. The van der Waals surface area contributed by atoms with Gasteiger partial charge in [0.05, 0.1) is 10.0 Å². The molecular formula is C14H19Cl2N3O. The van der Waals surface area contributed by atoms with Crippen LogP contribution in [0.5, 0.6) is 0 Å². The van der Waals surface area contributed by atoms with E-state index in [1.54, 1.807) is 12.3 Å². The highest BCUT2D eigenvalue weighted by molar-refractivity contribution is 6.36. The smallest absolute Gasteiger partial charge is 0.147 e. The zero-order chi connectivity index (χ0) is 13.9. The van der Waals surface area contributed by atoms with Gasteiger partial charge in [0.2, 0.25) is 0 Å². The molecule has 0 bridgehead atoms. The number of piperazine rings is 1. The standard InChI is InChI=1S/C14H19Cl2N3O/c15-11-9-13(16)14(17-10-11)19-5-3-18(4-6-19)12-1-7-20-8-2-12/h9-10,12H,1-8H2. The molecule has 0 radical (unpaired) electrons. The minimum absolute atomic E-state index is 0.583. The van der Waals surface area contributed by atoms with Crippen molar-refractivity contribution < 1.29 is 4.74 Å². The minimum atomic E-state index is 0.583. The van der Waals surface area contributed by atoms with Crippen LogP contribution in [-0.2, 0) is 4.74 Å². The van der Waals surface area contributed by atoms with Crippen LogP contribution in [0.25, 0.3) is 0 Å². The zero-order valence-electron chi connectivity index (χ0n) is 11.4. The maximum Gasteiger partial charge on any atom is 0.147 e. The number of hydrogen-bond donors (Lipinski definition) is 0. The van der Waals surface area contributed by atoms with E-state index in [1.165, 1.54) is 0 Å². The average Bonchev–Trinajstić information content (AvgIpc) is 2.48. The lowest BCUT2D eigenvalue weighted by molar-refractivity contribution is 0.0321. The largest absolute Gasteiger partial charge is 0.381 e. The van der Waals surface area contributed by atoms with Crippen molar-refractivity contribution in [3.63, 3.8) is 0 Å². The summed E-state index contributed by atoms with van der Waals surface area (Å²) in [5.41, 5.74) is 0. The van der Waals surface area contributed by atoms with E-state index in [0.29, 0.717) is 16.1 Å². The van der Waals surface area contributed by atoms with E-state index < -0.39 is 0 Å². The van der Waals surface area contributed by atoms with Crippen molar-refractivity contribution in [2.75, 3.05) is 44.3 Å². The van der Waals surface area contributed by atoms with Crippen molar-refractivity contribution in [3.8, 4) is 0 Å². The normalized spacial score (nSPS) is 22.2. The second-order valence-electron chi connectivity index (χ2n) is 5.33. The fourth-order valence-corrected chi connectivity index (χ4v) is 3.49. The summed E-state index contributed by atoms with van der Waals surface area (Å²) in [5, 5.41) is 1.22. The van der Waals surface area contributed by atoms with Crippen LogP contribution in [0.3, 0.4) is 0 Å². The van der Waals surface area contributed by atoms with Gasteiger partial charge < -0.3 is 9.64 Å². The van der Waals surface area contributed by atoms with Gasteiger partial charge >= 0.3 is 0 Å². The first kappa shape index (κ1) is 14.4. The van der Waals surface area contributed by atoms with E-state index in [2.05, 4.69) is 14.8 Å². The summed E-state index contributed by atoms with van der Waals surface area (Å²) in [4.78, 5) is 9.18. The molecule has 1 aromatic rings. The van der Waals surface area contributed by atoms with Gasteiger partial charge in [-0.05, 0) is 18.9 Å². The summed E-state index contributed by atoms with van der Waals surface area (Å²) in [6, 6.07) is 2.44. The molecule has 2 aliphatic heterocycles. The molecule has 0 unspecified atom stereocenters. The number of nitrogens with zero attached hydrogens (tertiary/aromatic N) is 3. The van der Waals surface area contributed by atoms with Crippen LogP contribution in [0.2, 0.25) is 10.0 Å². The second-order valence-corrected chi connectivity index (χ2v) is 6.17. The fraction of sp³-hybridized carbons (Fsp3) is 0.643. The Morgan fingerprint density at radius 3 is 2.45 bits per heavy atom. The van der Waals surface area contributed by atoms with Crippen LogP contribution in [0.15, 0.2) is 12.3 Å². The topological polar surface area (TPSA) is 28.6 Å². The molecule has 2 aliphatic rings. The molecule has 6 heteroatoms. The zero-order valence-corrected chi connectivity index (χ0v) is 12.9. The van der Waals surface area contributed by atoms with E-state index in [4.69, 9.17) is 27.9 Å². The van der Waals surface area contributed by atoms with Crippen LogP contribution in [0.4, 0.5) is 5.82 Å². The minimum Gasteiger partial charge on any atom is -0.381 e. The summed E-state index contributed by atoms with van der Waals surface area (Å²) in [6.07, 6.45) is 3.97. The lowest BCUT2D eigenvalue weighted by Gasteiger charge is -2.41. The maximum absolute atomic E-state index is 6.23. The number of pyridine rings is 1. The Hall–Kier alpha value is -0.550. The third kappa shape index (κ3) is 3.19. The summed E-state index contributed by atoms with van der Waals surface area (Å²) < 4.78 is 5.43. The Balaban J connectivity index is 1.60. The molecule has 110 valence electrons. The Morgan fingerprint density at radius 2 is 1.80 bits per heavy atom. The van der Waals surface area contributed by atoms with Crippen molar-refractivity contribution in [1.82, 2.24) is 9.88 Å². The highest BCUT2D eigenvalue weighted by atomic mass is 35.5. The van der Waals surface area contributed by atoms with Crippen LogP contribution < -0.4 is 4.90 Å². The van der Waals surface area contributed by atoms with Crippen molar-refractivity contribution in [2.24, 2.45) is 0 Å². The van der Waals surface area contributed by atoms with Crippen molar-refractivity contribution in [1.29, 1.82) is 0 Å². The van der Waals surface area contributed by atoms with Gasteiger partial charge in [-0.1, -0.05) is 23.2 Å². The molecule has 3 heterocycles. The molecule has 0 spiro atoms. The Bertz CT molecular complexity index is 458. The SMILES string of the molecule is Clc1cnc(N2CCN(C3CCOCC3)CC2)c(Cl)c1. The van der Waals surface area contributed by atoms with Crippen molar-refractivity contribution >= 4 is 29.0 Å². The Labute approximate surface area is 129 Å². The molecule has 0 saturated carbocycles. The molecule has 1 aromatic heterocycles. The summed E-state index contributed by atoms with van der Waals surface area (Å²) in [5.74, 6) is 0.850. The summed E-state index contributed by atoms with van der Waals surface area (Å²) in [6.45, 7) is 5.85. The van der Waals surface area contributed by atoms with Gasteiger partial charge in [0.25, 0.3) is 0 Å². The Morgan fingerprint density at radius 1 is 1.10 bits per heavy atom. The highest BCUT2D eigenvalue weighted by Gasteiger charge is 2.26. The van der Waals surface area contributed by atoms with E-state index in [1.807, 2.05) is 0 Å². The van der Waals surface area contributed by atoms with Crippen LogP contribution in [-0.4, -0.2) is 55.3 Å². The van der Waals surface area contributed by atoms with Gasteiger partial charge in [0, 0.05) is 51.6 Å². The second kappa shape index (κ2) is 6.48. The van der Waals surface area contributed by atoms with Gasteiger partial charge in [0.1, 0.15) is 5.82 Å². The molecule has 0 aromatic carbocycles. The lowest BCUT2D eigenvalue weighted by atomic mass is 10.1. The first-order valence-corrected chi connectivity index (χ1v) is 7.87. The van der Waals surface area contributed by atoms with Gasteiger partial charge in [-0.2, -0.15) is 0 Å². The van der Waals surface area contributed by atoms with Crippen molar-refractivity contribution in [2.45, 2.75) is 18.9 Å². The maximum atomic E-state index is 6.23. The molecule has 3 rings (SSSR count). The van der Waals surface area contributed by atoms with Gasteiger partial charge in [0.15, 0.2) is 0 Å². The van der Waals surface area contributed by atoms with E-state index in [9.17, 15) is 0 Å². The first-order chi connectivity index (χ1) is 9.74. The third-order valence-corrected chi connectivity index (χ3v) is 4.59. The third-order valence-electron chi connectivity index (χ3n) is 4.11. The van der Waals surface area contributed by atoms with Crippen LogP contribution in [0, 0.1) is 0 Å². The van der Waals surface area contributed by atoms with Gasteiger partial charge in [-0.15, -0.1) is 0 Å². The lowest BCUT2D eigenvalue weighted by Crippen LogP contribution is -2.51. The Kier molecular flexibility index (Phi) is 4.66. The molecule has 4 nitrogen and oxygen atoms in total. The molecular weight excluding hydrogens is 297 g/mol.